The Bertz CT molecular complexity index is 404. The van der Waals surface area contributed by atoms with Gasteiger partial charge in [-0.3, -0.25) is 4.99 Å². The van der Waals surface area contributed by atoms with Crippen molar-refractivity contribution in [1.29, 1.82) is 0 Å². The zero-order chi connectivity index (χ0) is 14.1. The van der Waals surface area contributed by atoms with Gasteiger partial charge in [0.1, 0.15) is 5.82 Å². The molecule has 0 amide bonds. The van der Waals surface area contributed by atoms with Gasteiger partial charge in [-0.05, 0) is 31.0 Å². The van der Waals surface area contributed by atoms with Crippen molar-refractivity contribution in [3.8, 4) is 0 Å². The molecule has 106 valence electrons. The van der Waals surface area contributed by atoms with Gasteiger partial charge in [0.15, 0.2) is 5.96 Å². The molecule has 1 aromatic rings. The average molecular weight is 265 g/mol. The first-order valence-corrected chi connectivity index (χ1v) is 6.91. The monoisotopic (exact) mass is 265 g/mol. The Morgan fingerprint density at radius 3 is 2.79 bits per heavy atom. The lowest BCUT2D eigenvalue weighted by Gasteiger charge is -2.22. The van der Waals surface area contributed by atoms with E-state index in [1.54, 1.807) is 12.1 Å². The fraction of sp³-hybridized carbons (Fsp3) is 0.533. The van der Waals surface area contributed by atoms with E-state index in [1.165, 1.54) is 6.07 Å². The molecular formula is C15H24FN3. The van der Waals surface area contributed by atoms with Gasteiger partial charge in [-0.25, -0.2) is 4.39 Å². The van der Waals surface area contributed by atoms with E-state index in [0.29, 0.717) is 6.54 Å². The molecule has 0 heterocycles. The molecule has 1 N–H and O–H groups in total. The van der Waals surface area contributed by atoms with Gasteiger partial charge in [0.05, 0.1) is 0 Å². The molecule has 0 radical (unpaired) electrons. The second-order valence-electron chi connectivity index (χ2n) is 4.58. The van der Waals surface area contributed by atoms with Crippen LogP contribution in [0.15, 0.2) is 29.3 Å². The lowest BCUT2D eigenvalue weighted by molar-refractivity contribution is 0.474. The van der Waals surface area contributed by atoms with E-state index >= 15 is 0 Å². The normalized spacial score (nSPS) is 11.5. The fourth-order valence-electron chi connectivity index (χ4n) is 1.80. The summed E-state index contributed by atoms with van der Waals surface area (Å²) in [5.74, 6) is 0.680. The van der Waals surface area contributed by atoms with E-state index in [1.807, 2.05) is 24.9 Å². The molecule has 4 heteroatoms. The average Bonchev–Trinajstić information content (AvgIpc) is 2.38. The highest BCUT2D eigenvalue weighted by Gasteiger charge is 2.06. The molecule has 0 saturated carbocycles. The largest absolute Gasteiger partial charge is 0.357 e. The number of rotatable bonds is 6. The summed E-state index contributed by atoms with van der Waals surface area (Å²) in [6, 6.07) is 6.69. The molecule has 1 rings (SSSR count). The van der Waals surface area contributed by atoms with Crippen LogP contribution in [0.3, 0.4) is 0 Å². The molecule has 0 fully saturated rings. The number of guanidine groups is 1. The lowest BCUT2D eigenvalue weighted by Crippen LogP contribution is -2.38. The summed E-state index contributed by atoms with van der Waals surface area (Å²) in [6.07, 6.45) is 2.22. The number of unbranched alkanes of at least 4 members (excludes halogenated alkanes) is 1. The lowest BCUT2D eigenvalue weighted by atomic mass is 10.2. The quantitative estimate of drug-likeness (QED) is 0.486. The number of aliphatic imine (C=N–C) groups is 1. The summed E-state index contributed by atoms with van der Waals surface area (Å²) in [4.78, 5) is 6.58. The van der Waals surface area contributed by atoms with Crippen LogP contribution in [-0.2, 0) is 6.54 Å². The van der Waals surface area contributed by atoms with Crippen molar-refractivity contribution in [1.82, 2.24) is 10.2 Å². The van der Waals surface area contributed by atoms with Gasteiger partial charge in [0.2, 0.25) is 0 Å². The van der Waals surface area contributed by atoms with Crippen molar-refractivity contribution < 1.29 is 4.39 Å². The van der Waals surface area contributed by atoms with Crippen LogP contribution in [0.1, 0.15) is 32.3 Å². The number of hydrogen-bond acceptors (Lipinski definition) is 1. The van der Waals surface area contributed by atoms with E-state index in [9.17, 15) is 4.39 Å². The molecule has 0 aliphatic carbocycles. The van der Waals surface area contributed by atoms with Crippen LogP contribution in [0.2, 0.25) is 0 Å². The Morgan fingerprint density at radius 1 is 1.37 bits per heavy atom. The van der Waals surface area contributed by atoms with Crippen molar-refractivity contribution in [2.24, 2.45) is 4.99 Å². The maximum atomic E-state index is 13.2. The van der Waals surface area contributed by atoms with Gasteiger partial charge in [-0.1, -0.05) is 25.5 Å². The standard InChI is InChI=1S/C15H24FN3/c1-4-6-10-18-15(17-5-2)19(3)12-13-8-7-9-14(16)11-13/h7-9,11H,4-6,10,12H2,1-3H3,(H,17,18). The molecule has 0 aliphatic heterocycles. The van der Waals surface area contributed by atoms with Crippen molar-refractivity contribution in [3.63, 3.8) is 0 Å². The highest BCUT2D eigenvalue weighted by atomic mass is 19.1. The maximum absolute atomic E-state index is 13.2. The van der Waals surface area contributed by atoms with E-state index in [0.717, 1.165) is 37.5 Å². The number of benzene rings is 1. The third-order valence-corrected chi connectivity index (χ3v) is 2.78. The van der Waals surface area contributed by atoms with Crippen molar-refractivity contribution >= 4 is 5.96 Å². The zero-order valence-corrected chi connectivity index (χ0v) is 12.1. The fourth-order valence-corrected chi connectivity index (χ4v) is 1.80. The van der Waals surface area contributed by atoms with Crippen LogP contribution in [0, 0.1) is 5.82 Å². The molecule has 0 unspecified atom stereocenters. The highest BCUT2D eigenvalue weighted by molar-refractivity contribution is 5.79. The smallest absolute Gasteiger partial charge is 0.193 e. The number of hydrogen-bond donors (Lipinski definition) is 1. The summed E-state index contributed by atoms with van der Waals surface area (Å²) < 4.78 is 13.2. The minimum Gasteiger partial charge on any atom is -0.357 e. The van der Waals surface area contributed by atoms with Gasteiger partial charge in [-0.15, -0.1) is 0 Å². The molecule has 0 aromatic heterocycles. The molecule has 1 aromatic carbocycles. The minimum atomic E-state index is -0.196. The third-order valence-electron chi connectivity index (χ3n) is 2.78. The van der Waals surface area contributed by atoms with E-state index in [-0.39, 0.29) is 5.82 Å². The zero-order valence-electron chi connectivity index (χ0n) is 12.1. The van der Waals surface area contributed by atoms with Gasteiger partial charge < -0.3 is 10.2 Å². The Hall–Kier alpha value is -1.58. The Balaban J connectivity index is 2.65. The maximum Gasteiger partial charge on any atom is 0.193 e. The predicted molar refractivity (Wildman–Crippen MR) is 78.8 cm³/mol. The molecule has 0 bridgehead atoms. The summed E-state index contributed by atoms with van der Waals surface area (Å²) in [7, 11) is 1.97. The second kappa shape index (κ2) is 8.51. The summed E-state index contributed by atoms with van der Waals surface area (Å²) in [5.41, 5.74) is 0.948. The number of nitrogens with one attached hydrogen (secondary N) is 1. The number of halogens is 1. The SMILES string of the molecule is CCCCN=C(NCC)N(C)Cc1cccc(F)c1. The van der Waals surface area contributed by atoms with Crippen molar-refractivity contribution in [2.45, 2.75) is 33.2 Å². The van der Waals surface area contributed by atoms with E-state index in [4.69, 9.17) is 0 Å². The van der Waals surface area contributed by atoms with Crippen LogP contribution in [0.4, 0.5) is 4.39 Å². The Kier molecular flexibility index (Phi) is 6.93. The topological polar surface area (TPSA) is 27.6 Å². The molecule has 3 nitrogen and oxygen atoms in total. The van der Waals surface area contributed by atoms with Crippen LogP contribution in [0.25, 0.3) is 0 Å². The molecule has 0 atom stereocenters. The summed E-state index contributed by atoms with van der Waals surface area (Å²) in [6.45, 7) is 6.50. The first-order chi connectivity index (χ1) is 9.17. The van der Waals surface area contributed by atoms with E-state index in [2.05, 4.69) is 17.2 Å². The van der Waals surface area contributed by atoms with Gasteiger partial charge in [-0.2, -0.15) is 0 Å². The first-order valence-electron chi connectivity index (χ1n) is 6.91. The van der Waals surface area contributed by atoms with Gasteiger partial charge >= 0.3 is 0 Å². The van der Waals surface area contributed by atoms with Crippen LogP contribution in [0.5, 0.6) is 0 Å². The molecule has 0 spiro atoms. The van der Waals surface area contributed by atoms with E-state index < -0.39 is 0 Å². The van der Waals surface area contributed by atoms with Gasteiger partial charge in [0.25, 0.3) is 0 Å². The van der Waals surface area contributed by atoms with Crippen LogP contribution in [-0.4, -0.2) is 31.0 Å². The Morgan fingerprint density at radius 2 is 2.16 bits per heavy atom. The van der Waals surface area contributed by atoms with Crippen LogP contribution >= 0.6 is 0 Å². The third kappa shape index (κ3) is 5.73. The van der Waals surface area contributed by atoms with Gasteiger partial charge in [0, 0.05) is 26.7 Å². The molecule has 0 saturated heterocycles. The molecule has 19 heavy (non-hydrogen) atoms. The summed E-state index contributed by atoms with van der Waals surface area (Å²) >= 11 is 0. The van der Waals surface area contributed by atoms with Crippen molar-refractivity contribution in [3.05, 3.63) is 35.6 Å². The van der Waals surface area contributed by atoms with Crippen molar-refractivity contribution in [2.75, 3.05) is 20.1 Å². The Labute approximate surface area is 115 Å². The highest BCUT2D eigenvalue weighted by Crippen LogP contribution is 2.06. The predicted octanol–water partition coefficient (Wildman–Crippen LogP) is 3.02. The van der Waals surface area contributed by atoms with Crippen LogP contribution < -0.4 is 5.32 Å². The minimum absolute atomic E-state index is 0.196. The molecular weight excluding hydrogens is 241 g/mol. The first kappa shape index (κ1) is 15.5. The second-order valence-corrected chi connectivity index (χ2v) is 4.58. The number of nitrogens with zero attached hydrogens (tertiary/aromatic N) is 2. The molecule has 0 aliphatic rings. The summed E-state index contributed by atoms with van der Waals surface area (Å²) in [5, 5.41) is 3.26.